The molecule has 0 fully saturated rings. The van der Waals surface area contributed by atoms with Gasteiger partial charge in [-0.15, -0.1) is 0 Å². The summed E-state index contributed by atoms with van der Waals surface area (Å²) in [6.07, 6.45) is -0.182. The zero-order valence-corrected chi connectivity index (χ0v) is 13.3. The summed E-state index contributed by atoms with van der Waals surface area (Å²) >= 11 is 5.86. The van der Waals surface area contributed by atoms with Gasteiger partial charge < -0.3 is 16.0 Å². The largest absolute Gasteiger partial charge is 0.340 e. The molecule has 1 aliphatic heterocycles. The van der Waals surface area contributed by atoms with Gasteiger partial charge in [0.05, 0.1) is 17.7 Å². The van der Waals surface area contributed by atoms with E-state index in [0.717, 1.165) is 0 Å². The minimum Gasteiger partial charge on any atom is -0.340 e. The van der Waals surface area contributed by atoms with E-state index in [2.05, 4.69) is 16.0 Å². The topological polar surface area (TPSA) is 87.3 Å². The van der Waals surface area contributed by atoms with Crippen molar-refractivity contribution >= 4 is 40.7 Å². The van der Waals surface area contributed by atoms with E-state index in [1.165, 1.54) is 0 Å². The maximum atomic E-state index is 12.2. The Kier molecular flexibility index (Phi) is 4.48. The van der Waals surface area contributed by atoms with Crippen LogP contribution in [0, 0.1) is 0 Å². The minimum absolute atomic E-state index is 0.182. The molecule has 3 rings (SSSR count). The summed E-state index contributed by atoms with van der Waals surface area (Å²) in [6, 6.07) is 12.4. The van der Waals surface area contributed by atoms with Gasteiger partial charge in [-0.25, -0.2) is 0 Å². The lowest BCUT2D eigenvalue weighted by atomic mass is 10.1. The van der Waals surface area contributed by atoms with Crippen molar-refractivity contribution in [1.82, 2.24) is 5.32 Å². The van der Waals surface area contributed by atoms with Crippen LogP contribution in [0.5, 0.6) is 0 Å². The highest BCUT2D eigenvalue weighted by atomic mass is 35.5. The van der Waals surface area contributed by atoms with Gasteiger partial charge in [0.2, 0.25) is 11.8 Å². The van der Waals surface area contributed by atoms with Crippen molar-refractivity contribution in [3.8, 4) is 0 Å². The standard InChI is InChI=1S/C17H14ClN3O3/c18-10-4-3-5-11(8-10)19-15(22)9-14-17(24)20-13-7-2-1-6-12(13)16(23)21-14/h1-8,14H,9H2,(H,19,22)(H,20,24)(H,21,23)/t14-/m0/s1. The normalized spacial score (nSPS) is 16.5. The number of para-hydroxylation sites is 1. The lowest BCUT2D eigenvalue weighted by Gasteiger charge is -2.14. The quantitative estimate of drug-likeness (QED) is 0.799. The summed E-state index contributed by atoms with van der Waals surface area (Å²) in [6.45, 7) is 0. The van der Waals surface area contributed by atoms with Crippen LogP contribution in [0.15, 0.2) is 48.5 Å². The molecular formula is C17H14ClN3O3. The first-order valence-corrected chi connectivity index (χ1v) is 7.67. The van der Waals surface area contributed by atoms with Crippen LogP contribution in [0.3, 0.4) is 0 Å². The maximum absolute atomic E-state index is 12.2. The van der Waals surface area contributed by atoms with Crippen LogP contribution in [0.1, 0.15) is 16.8 Å². The van der Waals surface area contributed by atoms with Gasteiger partial charge >= 0.3 is 0 Å². The first-order chi connectivity index (χ1) is 11.5. The van der Waals surface area contributed by atoms with Gasteiger partial charge in [-0.05, 0) is 30.3 Å². The molecule has 1 atom stereocenters. The Bertz CT molecular complexity index is 822. The number of benzene rings is 2. The summed E-state index contributed by atoms with van der Waals surface area (Å²) in [4.78, 5) is 36.6. The van der Waals surface area contributed by atoms with Crippen molar-refractivity contribution in [3.05, 3.63) is 59.1 Å². The average Bonchev–Trinajstić information content (AvgIpc) is 2.65. The van der Waals surface area contributed by atoms with Gasteiger partial charge in [-0.2, -0.15) is 0 Å². The molecule has 0 unspecified atom stereocenters. The summed E-state index contributed by atoms with van der Waals surface area (Å²) in [5.41, 5.74) is 1.32. The van der Waals surface area contributed by atoms with Crippen LogP contribution in [0.2, 0.25) is 5.02 Å². The predicted octanol–water partition coefficient (Wildman–Crippen LogP) is 2.42. The maximum Gasteiger partial charge on any atom is 0.254 e. The van der Waals surface area contributed by atoms with Crippen LogP contribution in [-0.2, 0) is 9.59 Å². The highest BCUT2D eigenvalue weighted by molar-refractivity contribution is 6.30. The molecule has 6 nitrogen and oxygen atoms in total. The molecule has 1 aliphatic rings. The fraction of sp³-hybridized carbons (Fsp3) is 0.118. The fourth-order valence-electron chi connectivity index (χ4n) is 2.42. The molecule has 24 heavy (non-hydrogen) atoms. The number of hydrogen-bond donors (Lipinski definition) is 3. The van der Waals surface area contributed by atoms with Gasteiger partial charge in [0.25, 0.3) is 5.91 Å². The molecule has 0 aromatic heterocycles. The van der Waals surface area contributed by atoms with Crippen molar-refractivity contribution < 1.29 is 14.4 Å². The van der Waals surface area contributed by atoms with E-state index in [1.807, 2.05) is 0 Å². The molecule has 2 aromatic rings. The number of amides is 3. The molecule has 0 saturated carbocycles. The Hall–Kier alpha value is -2.86. The highest BCUT2D eigenvalue weighted by Gasteiger charge is 2.29. The molecule has 1 heterocycles. The summed E-state index contributed by atoms with van der Waals surface area (Å²) in [7, 11) is 0. The first kappa shape index (κ1) is 16.0. The first-order valence-electron chi connectivity index (χ1n) is 7.29. The Morgan fingerprint density at radius 2 is 1.92 bits per heavy atom. The number of carbonyl (C=O) groups is 3. The molecule has 0 aliphatic carbocycles. The van der Waals surface area contributed by atoms with Gasteiger partial charge in [0, 0.05) is 10.7 Å². The molecule has 3 N–H and O–H groups in total. The SMILES string of the molecule is O=C(C[C@@H]1NC(=O)c2ccccc2NC1=O)Nc1cccc(Cl)c1. The van der Waals surface area contributed by atoms with Crippen molar-refractivity contribution in [1.29, 1.82) is 0 Å². The van der Waals surface area contributed by atoms with E-state index in [1.54, 1.807) is 48.5 Å². The van der Waals surface area contributed by atoms with E-state index in [9.17, 15) is 14.4 Å². The number of halogens is 1. The van der Waals surface area contributed by atoms with Crippen LogP contribution in [-0.4, -0.2) is 23.8 Å². The number of nitrogens with one attached hydrogen (secondary N) is 3. The number of carbonyl (C=O) groups excluding carboxylic acids is 3. The Labute approximate surface area is 143 Å². The van der Waals surface area contributed by atoms with Crippen molar-refractivity contribution in [2.45, 2.75) is 12.5 Å². The molecule has 2 aromatic carbocycles. The third kappa shape index (κ3) is 3.55. The zero-order chi connectivity index (χ0) is 17.1. The van der Waals surface area contributed by atoms with Crippen LogP contribution < -0.4 is 16.0 Å². The monoisotopic (exact) mass is 343 g/mol. The summed E-state index contributed by atoms with van der Waals surface area (Å²) in [5.74, 6) is -1.23. The molecule has 0 spiro atoms. The number of rotatable bonds is 3. The molecule has 122 valence electrons. The zero-order valence-electron chi connectivity index (χ0n) is 12.5. The molecule has 7 heteroatoms. The second-order valence-corrected chi connectivity index (χ2v) is 5.76. The van der Waals surface area contributed by atoms with Gasteiger partial charge in [-0.3, -0.25) is 14.4 Å². The lowest BCUT2D eigenvalue weighted by molar-refractivity contribution is -0.122. The molecule has 0 bridgehead atoms. The van der Waals surface area contributed by atoms with Crippen molar-refractivity contribution in [2.75, 3.05) is 10.6 Å². The molecule has 3 amide bonds. The highest BCUT2D eigenvalue weighted by Crippen LogP contribution is 2.19. The third-order valence-electron chi connectivity index (χ3n) is 3.55. The summed E-state index contributed by atoms with van der Waals surface area (Å²) in [5, 5.41) is 8.37. The van der Waals surface area contributed by atoms with Crippen LogP contribution in [0.25, 0.3) is 0 Å². The van der Waals surface area contributed by atoms with E-state index in [-0.39, 0.29) is 6.42 Å². The number of hydrogen-bond acceptors (Lipinski definition) is 3. The average molecular weight is 344 g/mol. The lowest BCUT2D eigenvalue weighted by Crippen LogP contribution is -2.43. The Morgan fingerprint density at radius 1 is 1.12 bits per heavy atom. The summed E-state index contributed by atoms with van der Waals surface area (Å²) < 4.78 is 0. The second-order valence-electron chi connectivity index (χ2n) is 5.32. The second kappa shape index (κ2) is 6.72. The molecule has 0 radical (unpaired) electrons. The smallest absolute Gasteiger partial charge is 0.254 e. The molecule has 0 saturated heterocycles. The van der Waals surface area contributed by atoms with E-state index in [4.69, 9.17) is 11.6 Å². The fourth-order valence-corrected chi connectivity index (χ4v) is 2.61. The van der Waals surface area contributed by atoms with E-state index in [0.29, 0.717) is 22.0 Å². The van der Waals surface area contributed by atoms with Gasteiger partial charge in [-0.1, -0.05) is 29.8 Å². The number of anilines is 2. The minimum atomic E-state index is -0.955. The van der Waals surface area contributed by atoms with Crippen molar-refractivity contribution in [2.24, 2.45) is 0 Å². The van der Waals surface area contributed by atoms with Crippen LogP contribution >= 0.6 is 11.6 Å². The van der Waals surface area contributed by atoms with Gasteiger partial charge in [0.1, 0.15) is 6.04 Å². The Morgan fingerprint density at radius 3 is 2.71 bits per heavy atom. The molecular weight excluding hydrogens is 330 g/mol. The van der Waals surface area contributed by atoms with E-state index < -0.39 is 23.8 Å². The van der Waals surface area contributed by atoms with Gasteiger partial charge in [0.15, 0.2) is 0 Å². The predicted molar refractivity (Wildman–Crippen MR) is 91.0 cm³/mol. The van der Waals surface area contributed by atoms with Crippen molar-refractivity contribution in [3.63, 3.8) is 0 Å². The van der Waals surface area contributed by atoms with E-state index >= 15 is 0 Å². The Balaban J connectivity index is 1.70. The number of fused-ring (bicyclic) bond motifs is 1. The van der Waals surface area contributed by atoms with Crippen LogP contribution in [0.4, 0.5) is 11.4 Å². The third-order valence-corrected chi connectivity index (χ3v) is 3.78.